The number of anilines is 1. The van der Waals surface area contributed by atoms with Crippen molar-refractivity contribution in [3.63, 3.8) is 0 Å². The highest BCUT2D eigenvalue weighted by molar-refractivity contribution is 6.09. The lowest BCUT2D eigenvalue weighted by atomic mass is 9.98. The van der Waals surface area contributed by atoms with Crippen LogP contribution in [0.5, 0.6) is 0 Å². The molecule has 5 nitrogen and oxygen atoms in total. The Morgan fingerprint density at radius 2 is 2.10 bits per heavy atom. The van der Waals surface area contributed by atoms with Crippen LogP contribution in [-0.2, 0) is 6.42 Å². The molecule has 2 aromatic rings. The van der Waals surface area contributed by atoms with Crippen LogP contribution in [-0.4, -0.2) is 17.4 Å². The van der Waals surface area contributed by atoms with Crippen LogP contribution in [0.2, 0.25) is 0 Å². The Bertz CT molecular complexity index is 716. The lowest BCUT2D eigenvalue weighted by Crippen LogP contribution is -2.02. The average molecular weight is 267 g/mol. The number of pyridine rings is 1. The molecule has 0 fully saturated rings. The Morgan fingerprint density at radius 1 is 1.35 bits per heavy atom. The van der Waals surface area contributed by atoms with Gasteiger partial charge in [-0.05, 0) is 30.2 Å². The van der Waals surface area contributed by atoms with E-state index in [0.717, 1.165) is 22.9 Å². The van der Waals surface area contributed by atoms with Gasteiger partial charge in [-0.2, -0.15) is 0 Å². The van der Waals surface area contributed by atoms with Crippen molar-refractivity contribution in [2.75, 3.05) is 5.73 Å². The van der Waals surface area contributed by atoms with Gasteiger partial charge in [-0.15, -0.1) is 0 Å². The molecule has 1 aromatic carbocycles. The van der Waals surface area contributed by atoms with Crippen LogP contribution in [0.1, 0.15) is 23.7 Å². The first-order valence-corrected chi connectivity index (χ1v) is 6.31. The summed E-state index contributed by atoms with van der Waals surface area (Å²) >= 11 is 0. The number of benzene rings is 1. The first kappa shape index (κ1) is 13.7. The van der Waals surface area contributed by atoms with E-state index in [1.165, 1.54) is 18.6 Å². The van der Waals surface area contributed by atoms with Crippen molar-refractivity contribution in [2.24, 2.45) is 5.73 Å². The quantitative estimate of drug-likeness (QED) is 0.503. The van der Waals surface area contributed by atoms with E-state index in [1.807, 2.05) is 19.1 Å². The predicted molar refractivity (Wildman–Crippen MR) is 84.4 cm³/mol. The molecule has 1 heterocycles. The van der Waals surface area contributed by atoms with E-state index in [2.05, 4.69) is 4.98 Å². The number of nitrogens with one attached hydrogen (secondary N) is 2. The molecule has 0 radical (unpaired) electrons. The normalized spacial score (nSPS) is 11.6. The fourth-order valence-corrected chi connectivity index (χ4v) is 2.24. The molecule has 0 aliphatic carbocycles. The highest BCUT2D eigenvalue weighted by atomic mass is 14.7. The van der Waals surface area contributed by atoms with Crippen LogP contribution in [0.4, 0.5) is 5.69 Å². The molecular weight excluding hydrogens is 250 g/mol. The number of aryl methyl sites for hydroxylation is 1. The number of aromatic nitrogens is 1. The summed E-state index contributed by atoms with van der Waals surface area (Å²) < 4.78 is 0. The zero-order valence-corrected chi connectivity index (χ0v) is 11.3. The summed E-state index contributed by atoms with van der Waals surface area (Å²) in [5, 5.41) is 15.8. The van der Waals surface area contributed by atoms with E-state index >= 15 is 0 Å². The molecule has 102 valence electrons. The second kappa shape index (κ2) is 5.52. The van der Waals surface area contributed by atoms with Crippen molar-refractivity contribution in [2.45, 2.75) is 13.3 Å². The summed E-state index contributed by atoms with van der Waals surface area (Å²) in [4.78, 5) is 4.52. The number of nitrogens with two attached hydrogens (primary N) is 2. The maximum atomic E-state index is 7.55. The first-order chi connectivity index (χ1) is 9.65. The summed E-state index contributed by atoms with van der Waals surface area (Å²) in [6, 6.07) is 5.48. The number of nitrogens with zero attached hydrogens (tertiary/aromatic N) is 1. The maximum absolute atomic E-state index is 7.55. The minimum absolute atomic E-state index is 0.565. The third kappa shape index (κ3) is 2.14. The molecule has 1 aromatic heterocycles. The summed E-state index contributed by atoms with van der Waals surface area (Å²) in [5.41, 5.74) is 15.7. The number of fused-ring (bicyclic) bond motifs is 1. The van der Waals surface area contributed by atoms with Gasteiger partial charge in [0.2, 0.25) is 0 Å². The molecule has 20 heavy (non-hydrogen) atoms. The lowest BCUT2D eigenvalue weighted by molar-refractivity contribution is 1.14. The van der Waals surface area contributed by atoms with Crippen molar-refractivity contribution in [3.05, 3.63) is 41.2 Å². The van der Waals surface area contributed by atoms with Gasteiger partial charge in [0.15, 0.2) is 0 Å². The van der Waals surface area contributed by atoms with Crippen LogP contribution < -0.4 is 11.5 Å². The van der Waals surface area contributed by atoms with Gasteiger partial charge in [0.25, 0.3) is 0 Å². The van der Waals surface area contributed by atoms with E-state index in [0.29, 0.717) is 22.5 Å². The second-order valence-electron chi connectivity index (χ2n) is 4.39. The fourth-order valence-electron chi connectivity index (χ4n) is 2.24. The molecule has 2 rings (SSSR count). The van der Waals surface area contributed by atoms with Gasteiger partial charge in [0.05, 0.1) is 11.2 Å². The van der Waals surface area contributed by atoms with Gasteiger partial charge in [0.1, 0.15) is 0 Å². The second-order valence-corrected chi connectivity index (χ2v) is 4.39. The van der Waals surface area contributed by atoms with E-state index in [4.69, 9.17) is 22.3 Å². The van der Waals surface area contributed by atoms with Gasteiger partial charge in [-0.3, -0.25) is 0 Å². The maximum Gasteiger partial charge on any atom is 0.0742 e. The summed E-state index contributed by atoms with van der Waals surface area (Å²) in [7, 11) is 0. The van der Waals surface area contributed by atoms with Crippen LogP contribution in [0.25, 0.3) is 16.5 Å². The Hall–Kier alpha value is -2.69. The number of rotatable bonds is 4. The standard InChI is InChI=1S/C15H17N5/c1-2-9-5-14(10(6-16)7-17)20-13-4-3-12(19)11(8-18)15(9)13/h3-8,16,18H,2,17,19H2,1H3/b10-7+,16-6?,18-8?. The number of allylic oxidation sites excluding steroid dienone is 1. The molecule has 0 spiro atoms. The van der Waals surface area contributed by atoms with Crippen LogP contribution in [0, 0.1) is 10.8 Å². The third-order valence-electron chi connectivity index (χ3n) is 3.29. The number of nitrogen functional groups attached to an aromatic ring is 1. The summed E-state index contributed by atoms with van der Waals surface area (Å²) in [6.07, 6.45) is 4.60. The van der Waals surface area contributed by atoms with Crippen molar-refractivity contribution in [1.82, 2.24) is 4.98 Å². The van der Waals surface area contributed by atoms with Gasteiger partial charge in [-0.1, -0.05) is 6.92 Å². The average Bonchev–Trinajstić information content (AvgIpc) is 2.48. The number of hydrogen-bond donors (Lipinski definition) is 4. The summed E-state index contributed by atoms with van der Waals surface area (Å²) in [6.45, 7) is 2.03. The smallest absolute Gasteiger partial charge is 0.0742 e. The zero-order valence-electron chi connectivity index (χ0n) is 11.3. The Balaban J connectivity index is 2.87. The van der Waals surface area contributed by atoms with E-state index in [-0.39, 0.29) is 0 Å². The molecule has 0 bridgehead atoms. The largest absolute Gasteiger partial charge is 0.404 e. The van der Waals surface area contributed by atoms with E-state index < -0.39 is 0 Å². The summed E-state index contributed by atoms with van der Waals surface area (Å²) in [5.74, 6) is 0. The molecular formula is C15H17N5. The zero-order chi connectivity index (χ0) is 14.7. The molecule has 6 N–H and O–H groups in total. The topological polar surface area (TPSA) is 113 Å². The highest BCUT2D eigenvalue weighted by Gasteiger charge is 2.11. The Morgan fingerprint density at radius 3 is 2.65 bits per heavy atom. The molecule has 0 aliphatic heterocycles. The third-order valence-corrected chi connectivity index (χ3v) is 3.29. The Kier molecular flexibility index (Phi) is 3.79. The molecule has 0 amide bonds. The molecule has 0 saturated heterocycles. The predicted octanol–water partition coefficient (Wildman–Crippen LogP) is 2.33. The van der Waals surface area contributed by atoms with Gasteiger partial charge in [-0.25, -0.2) is 4.98 Å². The molecule has 0 saturated carbocycles. The van der Waals surface area contributed by atoms with Crippen molar-refractivity contribution >= 4 is 34.6 Å². The van der Waals surface area contributed by atoms with Crippen molar-refractivity contribution in [3.8, 4) is 0 Å². The van der Waals surface area contributed by atoms with E-state index in [9.17, 15) is 0 Å². The van der Waals surface area contributed by atoms with E-state index in [1.54, 1.807) is 6.07 Å². The Labute approximate surface area is 117 Å². The molecule has 0 unspecified atom stereocenters. The lowest BCUT2D eigenvalue weighted by Gasteiger charge is -2.12. The fraction of sp³-hybridized carbons (Fsp3) is 0.133. The molecule has 5 heteroatoms. The number of hydrogen-bond acceptors (Lipinski definition) is 5. The molecule has 0 atom stereocenters. The minimum atomic E-state index is 0.565. The molecule has 0 aliphatic rings. The first-order valence-electron chi connectivity index (χ1n) is 6.31. The SMILES string of the molecule is CCc1cc(/C(C=N)=C/N)nc2ccc(N)c(C=N)c12. The van der Waals surface area contributed by atoms with Crippen LogP contribution in [0.3, 0.4) is 0 Å². The van der Waals surface area contributed by atoms with Gasteiger partial charge < -0.3 is 22.3 Å². The monoisotopic (exact) mass is 267 g/mol. The van der Waals surface area contributed by atoms with Gasteiger partial charge in [0, 0.05) is 40.8 Å². The highest BCUT2D eigenvalue weighted by Crippen LogP contribution is 2.27. The van der Waals surface area contributed by atoms with Crippen LogP contribution in [0.15, 0.2) is 24.4 Å². The van der Waals surface area contributed by atoms with Crippen molar-refractivity contribution < 1.29 is 0 Å². The van der Waals surface area contributed by atoms with Crippen LogP contribution >= 0.6 is 0 Å². The van der Waals surface area contributed by atoms with Gasteiger partial charge >= 0.3 is 0 Å². The minimum Gasteiger partial charge on any atom is -0.404 e. The van der Waals surface area contributed by atoms with Crippen molar-refractivity contribution in [1.29, 1.82) is 10.8 Å².